The van der Waals surface area contributed by atoms with Gasteiger partial charge in [0.2, 0.25) is 5.88 Å². The monoisotopic (exact) mass is 455 g/mol. The average Bonchev–Trinajstić information content (AvgIpc) is 3.70. The van der Waals surface area contributed by atoms with Crippen molar-refractivity contribution in [3.8, 4) is 5.88 Å². The van der Waals surface area contributed by atoms with E-state index in [9.17, 15) is 0 Å². The number of pyridine rings is 1. The fourth-order valence-electron chi connectivity index (χ4n) is 3.78. The van der Waals surface area contributed by atoms with Crippen LogP contribution in [0, 0.1) is 5.92 Å². The van der Waals surface area contributed by atoms with Crippen LogP contribution in [0.3, 0.4) is 0 Å². The van der Waals surface area contributed by atoms with Crippen molar-refractivity contribution in [3.63, 3.8) is 0 Å². The van der Waals surface area contributed by atoms with Gasteiger partial charge in [0.15, 0.2) is 0 Å². The minimum absolute atomic E-state index is 0.481. The second-order valence-corrected chi connectivity index (χ2v) is 8.64. The van der Waals surface area contributed by atoms with E-state index in [1.165, 1.54) is 56.1 Å². The van der Waals surface area contributed by atoms with Crippen molar-refractivity contribution in [2.24, 2.45) is 5.92 Å². The van der Waals surface area contributed by atoms with E-state index < -0.39 is 0 Å². The van der Waals surface area contributed by atoms with Gasteiger partial charge in [-0.3, -0.25) is 0 Å². The van der Waals surface area contributed by atoms with Crippen LogP contribution in [0.15, 0.2) is 36.4 Å². The summed E-state index contributed by atoms with van der Waals surface area (Å²) >= 11 is 0. The van der Waals surface area contributed by atoms with Crippen LogP contribution in [0.5, 0.6) is 5.88 Å². The maximum atomic E-state index is 8.81. The summed E-state index contributed by atoms with van der Waals surface area (Å²) < 4.78 is 4.80. The Balaban J connectivity index is 0.000000212. The summed E-state index contributed by atoms with van der Waals surface area (Å²) in [6, 6.07) is 12.3. The molecule has 1 saturated carbocycles. The van der Waals surface area contributed by atoms with Crippen LogP contribution in [0.1, 0.15) is 38.7 Å². The van der Waals surface area contributed by atoms with Gasteiger partial charge in [-0.1, -0.05) is 32.3 Å². The van der Waals surface area contributed by atoms with Gasteiger partial charge in [-0.25, -0.2) is 0 Å². The highest BCUT2D eigenvalue weighted by Crippen LogP contribution is 2.32. The maximum Gasteiger partial charge on any atom is 0.214 e. The first-order valence-electron chi connectivity index (χ1n) is 11.9. The summed E-state index contributed by atoms with van der Waals surface area (Å²) in [5, 5.41) is 3.41. The lowest BCUT2D eigenvalue weighted by Gasteiger charge is -2.34. The molecule has 1 aromatic heterocycles. The van der Waals surface area contributed by atoms with E-state index in [2.05, 4.69) is 52.3 Å². The molecule has 2 fully saturated rings. The zero-order chi connectivity index (χ0) is 24.1. The number of aldehydes is 1. The van der Waals surface area contributed by atoms with Gasteiger partial charge in [0.05, 0.1) is 7.11 Å². The highest BCUT2D eigenvalue weighted by atomic mass is 16.5. The van der Waals surface area contributed by atoms with E-state index in [1.54, 1.807) is 25.3 Å². The van der Waals surface area contributed by atoms with Gasteiger partial charge in [0.25, 0.3) is 0 Å². The van der Waals surface area contributed by atoms with Gasteiger partial charge in [-0.05, 0) is 49.1 Å². The SMILES string of the molecule is C1CC1.CC1Cc2cc(N3CCNCC3)ccc2N(C)C1.CC=O.COc1cccc(N)n1. The molecule has 3 heterocycles. The normalized spacial score (nSPS) is 18.1. The number of nitrogen functional groups attached to an aromatic ring is 1. The number of anilines is 3. The number of hydrogen-bond acceptors (Lipinski definition) is 7. The third kappa shape index (κ3) is 9.70. The highest BCUT2D eigenvalue weighted by Gasteiger charge is 2.20. The molecular formula is C26H41N5O2. The fraction of sp³-hybridized carbons (Fsp3) is 0.538. The first-order chi connectivity index (χ1) is 16.0. The molecule has 0 spiro atoms. The minimum Gasteiger partial charge on any atom is -0.481 e. The van der Waals surface area contributed by atoms with Crippen LogP contribution in [-0.2, 0) is 11.2 Å². The Labute approximate surface area is 199 Å². The first-order valence-corrected chi connectivity index (χ1v) is 11.9. The van der Waals surface area contributed by atoms with Crippen LogP contribution in [0.2, 0.25) is 0 Å². The van der Waals surface area contributed by atoms with Crippen LogP contribution in [-0.4, -0.2) is 58.2 Å². The Hall–Kier alpha value is -2.80. The molecule has 182 valence electrons. The van der Waals surface area contributed by atoms with Crippen molar-refractivity contribution in [3.05, 3.63) is 42.0 Å². The van der Waals surface area contributed by atoms with E-state index in [-0.39, 0.29) is 0 Å². The maximum absolute atomic E-state index is 8.81. The van der Waals surface area contributed by atoms with E-state index in [4.69, 9.17) is 15.3 Å². The zero-order valence-corrected chi connectivity index (χ0v) is 20.7. The van der Waals surface area contributed by atoms with E-state index >= 15 is 0 Å². The average molecular weight is 456 g/mol. The second kappa shape index (κ2) is 14.4. The Morgan fingerprint density at radius 2 is 1.82 bits per heavy atom. The van der Waals surface area contributed by atoms with Gasteiger partial charge < -0.3 is 30.4 Å². The number of ether oxygens (including phenoxy) is 1. The number of fused-ring (bicyclic) bond motifs is 1. The summed E-state index contributed by atoms with van der Waals surface area (Å²) in [7, 11) is 3.76. The molecule has 3 N–H and O–H groups in total. The molecule has 0 amide bonds. The number of rotatable bonds is 2. The van der Waals surface area contributed by atoms with Gasteiger partial charge in [0, 0.05) is 57.2 Å². The topological polar surface area (TPSA) is 83.7 Å². The zero-order valence-electron chi connectivity index (χ0n) is 20.7. The van der Waals surface area contributed by atoms with Crippen molar-refractivity contribution in [2.45, 2.75) is 39.5 Å². The van der Waals surface area contributed by atoms with Gasteiger partial charge in [0.1, 0.15) is 12.1 Å². The fourth-order valence-corrected chi connectivity index (χ4v) is 3.78. The van der Waals surface area contributed by atoms with Crippen molar-refractivity contribution < 1.29 is 9.53 Å². The summed E-state index contributed by atoms with van der Waals surface area (Å²) in [6.07, 6.45) is 6.47. The third-order valence-corrected chi connectivity index (χ3v) is 5.42. The largest absolute Gasteiger partial charge is 0.481 e. The molecule has 33 heavy (non-hydrogen) atoms. The number of hydrogen-bond donors (Lipinski definition) is 2. The Morgan fingerprint density at radius 3 is 2.36 bits per heavy atom. The van der Waals surface area contributed by atoms with Crippen LogP contribution >= 0.6 is 0 Å². The smallest absolute Gasteiger partial charge is 0.214 e. The second-order valence-electron chi connectivity index (χ2n) is 8.64. The van der Waals surface area contributed by atoms with Crippen molar-refractivity contribution in [2.75, 3.05) is 62.4 Å². The number of benzene rings is 1. The number of nitrogens with one attached hydrogen (secondary N) is 1. The number of nitrogens with two attached hydrogens (primary N) is 1. The Kier molecular flexibility index (Phi) is 11.5. The summed E-state index contributed by atoms with van der Waals surface area (Å²) in [6.45, 7) is 9.44. The number of carbonyl (C=O) groups is 1. The lowest BCUT2D eigenvalue weighted by Crippen LogP contribution is -2.43. The molecule has 7 heteroatoms. The van der Waals surface area contributed by atoms with Gasteiger partial charge in [-0.2, -0.15) is 4.98 Å². The Bertz CT molecular complexity index is 834. The summed E-state index contributed by atoms with van der Waals surface area (Å²) in [5.74, 6) is 1.80. The molecule has 2 aromatic rings. The van der Waals surface area contributed by atoms with E-state index in [0.717, 1.165) is 38.4 Å². The van der Waals surface area contributed by atoms with E-state index in [1.807, 2.05) is 0 Å². The van der Waals surface area contributed by atoms with Crippen molar-refractivity contribution in [1.29, 1.82) is 0 Å². The Morgan fingerprint density at radius 1 is 1.15 bits per heavy atom. The number of piperazine rings is 1. The predicted molar refractivity (Wildman–Crippen MR) is 138 cm³/mol. The molecule has 1 unspecified atom stereocenters. The summed E-state index contributed by atoms with van der Waals surface area (Å²) in [4.78, 5) is 17.5. The molecule has 3 aliphatic rings. The highest BCUT2D eigenvalue weighted by molar-refractivity contribution is 5.63. The molecule has 1 aromatic carbocycles. The molecule has 2 aliphatic heterocycles. The predicted octanol–water partition coefficient (Wildman–Crippen LogP) is 3.77. The molecule has 1 aliphatic carbocycles. The lowest BCUT2D eigenvalue weighted by atomic mass is 9.93. The first kappa shape index (κ1) is 26.5. The molecule has 0 radical (unpaired) electrons. The number of nitrogens with zero attached hydrogens (tertiary/aromatic N) is 3. The van der Waals surface area contributed by atoms with Crippen molar-refractivity contribution >= 4 is 23.5 Å². The van der Waals surface area contributed by atoms with Crippen LogP contribution in [0.4, 0.5) is 17.2 Å². The quantitative estimate of drug-likeness (QED) is 0.667. The molecular weight excluding hydrogens is 414 g/mol. The lowest BCUT2D eigenvalue weighted by molar-refractivity contribution is -0.106. The van der Waals surface area contributed by atoms with Crippen LogP contribution < -0.4 is 25.6 Å². The molecule has 1 saturated heterocycles. The molecule has 7 nitrogen and oxygen atoms in total. The van der Waals surface area contributed by atoms with Crippen molar-refractivity contribution in [1.82, 2.24) is 10.3 Å². The van der Waals surface area contributed by atoms with Crippen LogP contribution in [0.25, 0.3) is 0 Å². The number of carbonyl (C=O) groups excluding carboxylic acids is 1. The summed E-state index contributed by atoms with van der Waals surface area (Å²) in [5.41, 5.74) is 9.69. The van der Waals surface area contributed by atoms with Gasteiger partial charge >= 0.3 is 0 Å². The standard InChI is InChI=1S/C15H23N3.C6H8N2O.C3H6.C2H4O/c1-12-9-13-10-14(18-7-5-16-6-8-18)3-4-15(13)17(2)11-12;1-9-6-4-2-3-5(7)8-6;1-2-3-1;1-2-3/h3-4,10,12,16H,5-9,11H2,1-2H3;2-4H,1H3,(H2,7,8);1-3H2;2H,1H3. The molecule has 1 atom stereocenters. The number of methoxy groups -OCH3 is 1. The molecule has 5 rings (SSSR count). The van der Waals surface area contributed by atoms with E-state index in [0.29, 0.717) is 11.7 Å². The third-order valence-electron chi connectivity index (χ3n) is 5.42. The number of aromatic nitrogens is 1. The minimum atomic E-state index is 0.481. The molecule has 0 bridgehead atoms. The van der Waals surface area contributed by atoms with Gasteiger partial charge in [-0.15, -0.1) is 0 Å².